The van der Waals surface area contributed by atoms with Crippen LogP contribution in [0.2, 0.25) is 10.0 Å². The number of halogens is 2. The van der Waals surface area contributed by atoms with Gasteiger partial charge in [-0.1, -0.05) is 23.2 Å². The van der Waals surface area contributed by atoms with Crippen molar-refractivity contribution in [2.24, 2.45) is 0 Å². The Kier molecular flexibility index (Phi) is 4.67. The first-order chi connectivity index (χ1) is 11.9. The first-order valence-electron chi connectivity index (χ1n) is 7.53. The van der Waals surface area contributed by atoms with Gasteiger partial charge in [0.2, 0.25) is 0 Å². The molecule has 4 nitrogen and oxygen atoms in total. The second kappa shape index (κ2) is 6.62. The van der Waals surface area contributed by atoms with Crippen LogP contribution in [0, 0.1) is 13.8 Å². The van der Waals surface area contributed by atoms with Crippen LogP contribution >= 0.6 is 23.2 Å². The average Bonchev–Trinajstić information content (AvgIpc) is 2.88. The van der Waals surface area contributed by atoms with Crippen molar-refractivity contribution in [3.8, 4) is 11.5 Å². The third-order valence-electron chi connectivity index (χ3n) is 4.20. The number of hydrogen-bond acceptors (Lipinski definition) is 4. The lowest BCUT2D eigenvalue weighted by atomic mass is 9.99. The van der Waals surface area contributed by atoms with E-state index in [4.69, 9.17) is 37.1 Å². The van der Waals surface area contributed by atoms with Gasteiger partial charge in [-0.3, -0.25) is 4.79 Å². The molecule has 0 aliphatic carbocycles. The molecule has 0 radical (unpaired) electrons. The Morgan fingerprint density at radius 3 is 2.36 bits per heavy atom. The van der Waals surface area contributed by atoms with Crippen LogP contribution in [0.15, 0.2) is 28.7 Å². The van der Waals surface area contributed by atoms with Crippen LogP contribution in [-0.4, -0.2) is 20.0 Å². The fourth-order valence-corrected chi connectivity index (χ4v) is 3.32. The van der Waals surface area contributed by atoms with Crippen molar-refractivity contribution in [2.75, 3.05) is 14.2 Å². The molecule has 1 aromatic heterocycles. The molecule has 1 heterocycles. The highest BCUT2D eigenvalue weighted by molar-refractivity contribution is 6.37. The molecule has 25 heavy (non-hydrogen) atoms. The number of hydrogen-bond donors (Lipinski definition) is 0. The standard InChI is InChI=1S/C19H16Cl2O4/c1-9-10(2)25-19-16(9)15(23-3)8-13(18(19)24-4)17(22)12-6-5-11(20)7-14(12)21/h5-8H,1-4H3. The predicted molar refractivity (Wildman–Crippen MR) is 98.7 cm³/mol. The zero-order valence-corrected chi connectivity index (χ0v) is 15.7. The van der Waals surface area contributed by atoms with E-state index in [1.165, 1.54) is 13.2 Å². The third kappa shape index (κ3) is 2.86. The first kappa shape index (κ1) is 17.6. The van der Waals surface area contributed by atoms with Crippen LogP contribution in [0.5, 0.6) is 11.5 Å². The van der Waals surface area contributed by atoms with Crippen LogP contribution in [-0.2, 0) is 0 Å². The Balaban J connectivity index is 2.30. The van der Waals surface area contributed by atoms with Gasteiger partial charge >= 0.3 is 0 Å². The normalized spacial score (nSPS) is 11.0. The van der Waals surface area contributed by atoms with Gasteiger partial charge in [0, 0.05) is 16.1 Å². The molecule has 2 aromatic carbocycles. The van der Waals surface area contributed by atoms with Crippen molar-refractivity contribution in [1.29, 1.82) is 0 Å². The maximum absolute atomic E-state index is 13.1. The van der Waals surface area contributed by atoms with E-state index in [-0.39, 0.29) is 10.8 Å². The van der Waals surface area contributed by atoms with Crippen molar-refractivity contribution in [3.63, 3.8) is 0 Å². The van der Waals surface area contributed by atoms with Crippen molar-refractivity contribution in [2.45, 2.75) is 13.8 Å². The Hall–Kier alpha value is -2.17. The Labute approximate surface area is 155 Å². The fraction of sp³-hybridized carbons (Fsp3) is 0.211. The van der Waals surface area contributed by atoms with Gasteiger partial charge in [-0.2, -0.15) is 0 Å². The van der Waals surface area contributed by atoms with Gasteiger partial charge in [0.15, 0.2) is 17.1 Å². The number of ketones is 1. The molecule has 0 atom stereocenters. The summed E-state index contributed by atoms with van der Waals surface area (Å²) in [6.45, 7) is 3.78. The quantitative estimate of drug-likeness (QED) is 0.554. The summed E-state index contributed by atoms with van der Waals surface area (Å²) < 4.78 is 16.8. The summed E-state index contributed by atoms with van der Waals surface area (Å²) in [5, 5.41) is 1.51. The lowest BCUT2D eigenvalue weighted by Gasteiger charge is -2.12. The molecular formula is C19H16Cl2O4. The van der Waals surface area contributed by atoms with Crippen LogP contribution in [0.4, 0.5) is 0 Å². The fourth-order valence-electron chi connectivity index (χ4n) is 2.83. The van der Waals surface area contributed by atoms with Crippen molar-refractivity contribution in [1.82, 2.24) is 0 Å². The zero-order valence-electron chi connectivity index (χ0n) is 14.2. The SMILES string of the molecule is COc1c(C(=O)c2ccc(Cl)cc2Cl)cc(OC)c2c(C)c(C)oc12. The van der Waals surface area contributed by atoms with Crippen molar-refractivity contribution in [3.05, 3.63) is 56.8 Å². The smallest absolute Gasteiger partial charge is 0.198 e. The highest BCUT2D eigenvalue weighted by Crippen LogP contribution is 2.42. The summed E-state index contributed by atoms with van der Waals surface area (Å²) in [4.78, 5) is 13.1. The van der Waals surface area contributed by atoms with E-state index in [2.05, 4.69) is 0 Å². The molecule has 0 amide bonds. The Bertz CT molecular complexity index is 989. The predicted octanol–water partition coefficient (Wildman–Crippen LogP) is 5.60. The number of fused-ring (bicyclic) bond motifs is 1. The average molecular weight is 379 g/mol. The maximum Gasteiger partial charge on any atom is 0.198 e. The second-order valence-corrected chi connectivity index (χ2v) is 6.44. The van der Waals surface area contributed by atoms with E-state index in [0.29, 0.717) is 33.2 Å². The summed E-state index contributed by atoms with van der Waals surface area (Å²) in [5.74, 6) is 1.33. The zero-order chi connectivity index (χ0) is 18.3. The van der Waals surface area contributed by atoms with E-state index in [1.54, 1.807) is 25.3 Å². The number of methoxy groups -OCH3 is 2. The second-order valence-electron chi connectivity index (χ2n) is 5.60. The Morgan fingerprint density at radius 1 is 1.04 bits per heavy atom. The van der Waals surface area contributed by atoms with Crippen LogP contribution in [0.3, 0.4) is 0 Å². The summed E-state index contributed by atoms with van der Waals surface area (Å²) in [6.07, 6.45) is 0. The minimum atomic E-state index is -0.301. The number of furan rings is 1. The molecule has 0 bridgehead atoms. The molecule has 3 rings (SSSR count). The molecule has 0 aliphatic rings. The molecule has 130 valence electrons. The van der Waals surface area contributed by atoms with Gasteiger partial charge in [0.25, 0.3) is 0 Å². The molecule has 0 fully saturated rings. The van der Waals surface area contributed by atoms with Gasteiger partial charge in [0.05, 0.1) is 30.2 Å². The number of rotatable bonds is 4. The van der Waals surface area contributed by atoms with Gasteiger partial charge in [-0.25, -0.2) is 0 Å². The molecule has 0 saturated heterocycles. The van der Waals surface area contributed by atoms with E-state index in [9.17, 15) is 4.79 Å². The largest absolute Gasteiger partial charge is 0.496 e. The van der Waals surface area contributed by atoms with E-state index in [1.807, 2.05) is 13.8 Å². The highest BCUT2D eigenvalue weighted by Gasteiger charge is 2.25. The third-order valence-corrected chi connectivity index (χ3v) is 4.75. The summed E-state index contributed by atoms with van der Waals surface area (Å²) in [6, 6.07) is 6.38. The van der Waals surface area contributed by atoms with Crippen LogP contribution in [0.1, 0.15) is 27.2 Å². The monoisotopic (exact) mass is 378 g/mol. The van der Waals surface area contributed by atoms with Gasteiger partial charge < -0.3 is 13.9 Å². The van der Waals surface area contributed by atoms with E-state index in [0.717, 1.165) is 16.7 Å². The van der Waals surface area contributed by atoms with Crippen LogP contribution in [0.25, 0.3) is 11.0 Å². The first-order valence-corrected chi connectivity index (χ1v) is 8.29. The van der Waals surface area contributed by atoms with E-state index >= 15 is 0 Å². The summed E-state index contributed by atoms with van der Waals surface area (Å²) in [5.41, 5.74) is 2.05. The summed E-state index contributed by atoms with van der Waals surface area (Å²) in [7, 11) is 3.04. The van der Waals surface area contributed by atoms with Gasteiger partial charge in [0.1, 0.15) is 11.5 Å². The molecule has 0 spiro atoms. The molecule has 0 aliphatic heterocycles. The number of aryl methyl sites for hydroxylation is 2. The molecule has 6 heteroatoms. The molecule has 0 saturated carbocycles. The topological polar surface area (TPSA) is 48.7 Å². The molecular weight excluding hydrogens is 363 g/mol. The van der Waals surface area contributed by atoms with Crippen molar-refractivity contribution >= 4 is 40.0 Å². The molecule has 3 aromatic rings. The van der Waals surface area contributed by atoms with Crippen LogP contribution < -0.4 is 9.47 Å². The summed E-state index contributed by atoms with van der Waals surface area (Å²) >= 11 is 12.1. The van der Waals surface area contributed by atoms with Crippen molar-refractivity contribution < 1.29 is 18.7 Å². The molecule has 0 N–H and O–H groups in total. The number of ether oxygens (including phenoxy) is 2. The highest BCUT2D eigenvalue weighted by atomic mass is 35.5. The Morgan fingerprint density at radius 2 is 1.76 bits per heavy atom. The lowest BCUT2D eigenvalue weighted by molar-refractivity contribution is 0.103. The maximum atomic E-state index is 13.1. The minimum absolute atomic E-state index is 0.269. The lowest BCUT2D eigenvalue weighted by Crippen LogP contribution is -2.06. The minimum Gasteiger partial charge on any atom is -0.496 e. The molecule has 0 unspecified atom stereocenters. The van der Waals surface area contributed by atoms with Gasteiger partial charge in [-0.15, -0.1) is 0 Å². The van der Waals surface area contributed by atoms with E-state index < -0.39 is 0 Å². The number of carbonyl (C=O) groups excluding carboxylic acids is 1. The van der Waals surface area contributed by atoms with Gasteiger partial charge in [-0.05, 0) is 38.1 Å². The number of benzene rings is 2. The number of carbonyl (C=O) groups is 1.